The zero-order valence-electron chi connectivity index (χ0n) is 16.7. The van der Waals surface area contributed by atoms with Crippen LogP contribution >= 0.6 is 11.6 Å². The first-order valence-electron chi connectivity index (χ1n) is 9.24. The van der Waals surface area contributed by atoms with Crippen LogP contribution in [0.15, 0.2) is 48.5 Å². The third kappa shape index (κ3) is 5.06. The van der Waals surface area contributed by atoms with Crippen molar-refractivity contribution in [1.29, 1.82) is 0 Å². The molecule has 0 radical (unpaired) electrons. The molecule has 0 saturated heterocycles. The van der Waals surface area contributed by atoms with Gasteiger partial charge in [-0.05, 0) is 48.5 Å². The highest BCUT2D eigenvalue weighted by atomic mass is 35.5. The number of hydrogen-bond acceptors (Lipinski definition) is 5. The van der Waals surface area contributed by atoms with E-state index >= 15 is 0 Å². The molecule has 2 aromatic carbocycles. The Labute approximate surface area is 182 Å². The SMILES string of the molecule is COc1ccc(C(=O)CCC(=O)c2ccc(OC)c(-c3ccc(F)c(Cl)c3)n2)cc1F. The first-order valence-corrected chi connectivity index (χ1v) is 9.62. The Morgan fingerprint density at radius 1 is 0.871 bits per heavy atom. The summed E-state index contributed by atoms with van der Waals surface area (Å²) in [6.07, 6.45) is -0.231. The highest BCUT2D eigenvalue weighted by molar-refractivity contribution is 6.31. The van der Waals surface area contributed by atoms with E-state index in [0.29, 0.717) is 17.0 Å². The predicted octanol–water partition coefficient (Wildman–Crippen LogP) is 5.54. The monoisotopic (exact) mass is 445 g/mol. The average Bonchev–Trinajstić information content (AvgIpc) is 2.78. The van der Waals surface area contributed by atoms with Crippen molar-refractivity contribution in [3.63, 3.8) is 0 Å². The zero-order valence-corrected chi connectivity index (χ0v) is 17.5. The summed E-state index contributed by atoms with van der Waals surface area (Å²) in [5, 5.41) is -0.0876. The highest BCUT2D eigenvalue weighted by Crippen LogP contribution is 2.31. The molecular weight excluding hydrogens is 428 g/mol. The maximum atomic E-state index is 13.8. The number of aromatic nitrogens is 1. The quantitative estimate of drug-likeness (QED) is 0.426. The van der Waals surface area contributed by atoms with Crippen molar-refractivity contribution >= 4 is 23.2 Å². The Bertz CT molecular complexity index is 1150. The number of nitrogens with zero attached hydrogens (tertiary/aromatic N) is 1. The summed E-state index contributed by atoms with van der Waals surface area (Å²) >= 11 is 5.85. The third-order valence-electron chi connectivity index (χ3n) is 4.61. The number of carbonyl (C=O) groups is 2. The highest BCUT2D eigenvalue weighted by Gasteiger charge is 2.17. The minimum atomic E-state index is -0.654. The zero-order chi connectivity index (χ0) is 22.5. The van der Waals surface area contributed by atoms with E-state index in [1.165, 1.54) is 50.6 Å². The minimum Gasteiger partial charge on any atom is -0.494 e. The number of methoxy groups -OCH3 is 2. The maximum absolute atomic E-state index is 13.8. The molecule has 1 heterocycles. The van der Waals surface area contributed by atoms with Gasteiger partial charge in [0, 0.05) is 24.0 Å². The molecule has 0 fully saturated rings. The molecule has 3 aromatic rings. The van der Waals surface area contributed by atoms with Gasteiger partial charge in [0.05, 0.1) is 19.2 Å². The number of Topliss-reactive ketones (excluding diaryl/α,β-unsaturated/α-hetero) is 2. The Kier molecular flexibility index (Phi) is 6.97. The molecule has 5 nitrogen and oxygen atoms in total. The molecule has 0 saturated carbocycles. The molecule has 8 heteroatoms. The molecule has 0 aliphatic heterocycles. The molecule has 0 spiro atoms. The average molecular weight is 446 g/mol. The summed E-state index contributed by atoms with van der Waals surface area (Å²) in [6.45, 7) is 0. The van der Waals surface area contributed by atoms with Gasteiger partial charge in [-0.15, -0.1) is 0 Å². The number of ketones is 2. The number of ether oxygens (including phenoxy) is 2. The number of hydrogen-bond donors (Lipinski definition) is 0. The van der Waals surface area contributed by atoms with Crippen molar-refractivity contribution in [3.05, 3.63) is 76.4 Å². The fraction of sp³-hybridized carbons (Fsp3) is 0.174. The lowest BCUT2D eigenvalue weighted by Gasteiger charge is -2.10. The van der Waals surface area contributed by atoms with Gasteiger partial charge >= 0.3 is 0 Å². The van der Waals surface area contributed by atoms with Gasteiger partial charge in [0.25, 0.3) is 0 Å². The number of carbonyl (C=O) groups excluding carboxylic acids is 2. The summed E-state index contributed by atoms with van der Waals surface area (Å²) in [5.74, 6) is -1.58. The number of benzene rings is 2. The summed E-state index contributed by atoms with van der Waals surface area (Å²) < 4.78 is 37.4. The Hall–Kier alpha value is -3.32. The maximum Gasteiger partial charge on any atom is 0.181 e. The van der Waals surface area contributed by atoms with Crippen LogP contribution in [0.25, 0.3) is 11.3 Å². The molecule has 3 rings (SSSR count). The van der Waals surface area contributed by atoms with E-state index in [2.05, 4.69) is 4.98 Å². The van der Waals surface area contributed by atoms with E-state index in [1.807, 2.05) is 0 Å². The van der Waals surface area contributed by atoms with Crippen molar-refractivity contribution < 1.29 is 27.8 Å². The second-order valence-electron chi connectivity index (χ2n) is 6.57. The van der Waals surface area contributed by atoms with Gasteiger partial charge < -0.3 is 9.47 Å². The van der Waals surface area contributed by atoms with E-state index < -0.39 is 11.6 Å². The van der Waals surface area contributed by atoms with Crippen LogP contribution in [0, 0.1) is 11.6 Å². The summed E-state index contributed by atoms with van der Waals surface area (Å²) in [7, 11) is 2.77. The van der Waals surface area contributed by atoms with Gasteiger partial charge in [-0.2, -0.15) is 0 Å². The van der Waals surface area contributed by atoms with Crippen LogP contribution in [0.1, 0.15) is 33.7 Å². The van der Waals surface area contributed by atoms with Crippen LogP contribution in [-0.2, 0) is 0 Å². The Balaban J connectivity index is 1.78. The van der Waals surface area contributed by atoms with Crippen LogP contribution in [0.5, 0.6) is 11.5 Å². The molecular formula is C23H18ClF2NO4. The molecule has 160 valence electrons. The first-order chi connectivity index (χ1) is 14.8. The van der Waals surface area contributed by atoms with E-state index in [-0.39, 0.29) is 46.4 Å². The molecule has 1 aromatic heterocycles. The number of halogens is 3. The Morgan fingerprint density at radius 2 is 1.55 bits per heavy atom. The molecule has 0 unspecified atom stereocenters. The van der Waals surface area contributed by atoms with E-state index in [9.17, 15) is 18.4 Å². The van der Waals surface area contributed by atoms with Crippen molar-refractivity contribution in [1.82, 2.24) is 4.98 Å². The van der Waals surface area contributed by atoms with Crippen LogP contribution in [0.3, 0.4) is 0 Å². The van der Waals surface area contributed by atoms with E-state index in [0.717, 1.165) is 6.07 Å². The molecule has 0 N–H and O–H groups in total. The van der Waals surface area contributed by atoms with Crippen LogP contribution in [-0.4, -0.2) is 30.8 Å². The van der Waals surface area contributed by atoms with Crippen molar-refractivity contribution in [2.45, 2.75) is 12.8 Å². The van der Waals surface area contributed by atoms with Gasteiger partial charge in [-0.1, -0.05) is 11.6 Å². The largest absolute Gasteiger partial charge is 0.494 e. The number of pyridine rings is 1. The number of rotatable bonds is 8. The van der Waals surface area contributed by atoms with Crippen molar-refractivity contribution in [2.75, 3.05) is 14.2 Å². The first kappa shape index (κ1) is 22.4. The van der Waals surface area contributed by atoms with Gasteiger partial charge in [0.2, 0.25) is 0 Å². The van der Waals surface area contributed by atoms with E-state index in [1.54, 1.807) is 6.07 Å². The van der Waals surface area contributed by atoms with Gasteiger partial charge in [-0.25, -0.2) is 13.8 Å². The molecule has 0 atom stereocenters. The van der Waals surface area contributed by atoms with Gasteiger partial charge in [0.1, 0.15) is 23.0 Å². The summed E-state index contributed by atoms with van der Waals surface area (Å²) in [4.78, 5) is 29.3. The fourth-order valence-electron chi connectivity index (χ4n) is 2.96. The lowest BCUT2D eigenvalue weighted by molar-refractivity contribution is 0.0914. The summed E-state index contributed by atoms with van der Waals surface area (Å²) in [6, 6.07) is 11.0. The van der Waals surface area contributed by atoms with Gasteiger partial charge in [0.15, 0.2) is 23.1 Å². The smallest absolute Gasteiger partial charge is 0.181 e. The molecule has 31 heavy (non-hydrogen) atoms. The van der Waals surface area contributed by atoms with Crippen molar-refractivity contribution in [3.8, 4) is 22.8 Å². The topological polar surface area (TPSA) is 65.5 Å². The molecule has 0 bridgehead atoms. The van der Waals surface area contributed by atoms with Crippen LogP contribution in [0.4, 0.5) is 8.78 Å². The molecule has 0 amide bonds. The van der Waals surface area contributed by atoms with Crippen LogP contribution < -0.4 is 9.47 Å². The van der Waals surface area contributed by atoms with E-state index in [4.69, 9.17) is 21.1 Å². The minimum absolute atomic E-state index is 0.0310. The molecule has 0 aliphatic rings. The van der Waals surface area contributed by atoms with Gasteiger partial charge in [-0.3, -0.25) is 9.59 Å². The summed E-state index contributed by atoms with van der Waals surface area (Å²) in [5.41, 5.74) is 1.06. The lowest BCUT2D eigenvalue weighted by atomic mass is 10.0. The van der Waals surface area contributed by atoms with Crippen molar-refractivity contribution in [2.24, 2.45) is 0 Å². The lowest BCUT2D eigenvalue weighted by Crippen LogP contribution is -2.08. The standard InChI is InChI=1S/C23H18ClF2NO4/c1-30-21-9-4-13(12-17(21)26)19(28)7-8-20(29)18-6-10-22(31-2)23(27-18)14-3-5-16(25)15(24)11-14/h3-6,9-12H,7-8H2,1-2H3. The fourth-order valence-corrected chi connectivity index (χ4v) is 3.14. The second kappa shape index (κ2) is 9.66. The normalized spacial score (nSPS) is 10.6. The molecule has 0 aliphatic carbocycles. The van der Waals surface area contributed by atoms with Crippen LogP contribution in [0.2, 0.25) is 5.02 Å². The predicted molar refractivity (Wildman–Crippen MR) is 112 cm³/mol. The second-order valence-corrected chi connectivity index (χ2v) is 6.98. The third-order valence-corrected chi connectivity index (χ3v) is 4.90. The Morgan fingerprint density at radius 3 is 2.19 bits per heavy atom.